The fourth-order valence-electron chi connectivity index (χ4n) is 3.19. The van der Waals surface area contributed by atoms with Crippen LogP contribution in [0.25, 0.3) is 11.5 Å². The van der Waals surface area contributed by atoms with E-state index in [0.29, 0.717) is 23.8 Å². The van der Waals surface area contributed by atoms with Gasteiger partial charge in [-0.15, -0.1) is 0 Å². The summed E-state index contributed by atoms with van der Waals surface area (Å²) < 4.78 is 35.7. The zero-order chi connectivity index (χ0) is 22.6. The molecule has 0 amide bonds. The van der Waals surface area contributed by atoms with Gasteiger partial charge < -0.3 is 9.73 Å². The average Bonchev–Trinajstić information content (AvgIpc) is 3.15. The summed E-state index contributed by atoms with van der Waals surface area (Å²) in [5.41, 5.74) is 4.46. The van der Waals surface area contributed by atoms with E-state index in [-0.39, 0.29) is 11.5 Å². The SMILES string of the molecule is Cc1ccc(S(=O)(=O)OCCc2nc(-c3ccc(Nc4ccccc4)cc3)oc2C)cc1. The van der Waals surface area contributed by atoms with E-state index in [4.69, 9.17) is 8.60 Å². The van der Waals surface area contributed by atoms with Gasteiger partial charge in [-0.2, -0.15) is 8.42 Å². The molecule has 32 heavy (non-hydrogen) atoms. The Bertz CT molecular complexity index is 1280. The predicted octanol–water partition coefficient (Wildman–Crippen LogP) is 5.65. The normalized spacial score (nSPS) is 11.4. The highest BCUT2D eigenvalue weighted by Gasteiger charge is 2.17. The number of benzene rings is 3. The molecule has 7 heteroatoms. The Balaban J connectivity index is 1.39. The van der Waals surface area contributed by atoms with Crippen LogP contribution in [0.1, 0.15) is 17.0 Å². The van der Waals surface area contributed by atoms with Gasteiger partial charge in [0.05, 0.1) is 17.2 Å². The molecule has 0 spiro atoms. The third-order valence-electron chi connectivity index (χ3n) is 4.97. The van der Waals surface area contributed by atoms with Crippen molar-refractivity contribution in [2.24, 2.45) is 0 Å². The molecule has 1 N–H and O–H groups in total. The second-order valence-electron chi connectivity index (χ2n) is 7.43. The highest BCUT2D eigenvalue weighted by atomic mass is 32.2. The molecule has 0 aliphatic rings. The first kappa shape index (κ1) is 21.8. The summed E-state index contributed by atoms with van der Waals surface area (Å²) in [6, 6.07) is 24.3. The molecule has 164 valence electrons. The maximum absolute atomic E-state index is 12.3. The van der Waals surface area contributed by atoms with Gasteiger partial charge in [-0.3, -0.25) is 4.18 Å². The number of hydrogen-bond donors (Lipinski definition) is 1. The van der Waals surface area contributed by atoms with Gasteiger partial charge in [0.25, 0.3) is 10.1 Å². The summed E-state index contributed by atoms with van der Waals surface area (Å²) in [5, 5.41) is 3.33. The zero-order valence-electron chi connectivity index (χ0n) is 17.9. The highest BCUT2D eigenvalue weighted by molar-refractivity contribution is 7.86. The largest absolute Gasteiger partial charge is 0.441 e. The molecule has 0 atom stereocenters. The molecule has 1 aromatic heterocycles. The third kappa shape index (κ3) is 5.25. The number of para-hydroxylation sites is 1. The predicted molar refractivity (Wildman–Crippen MR) is 124 cm³/mol. The molecule has 0 saturated carbocycles. The minimum Gasteiger partial charge on any atom is -0.441 e. The third-order valence-corrected chi connectivity index (χ3v) is 6.30. The van der Waals surface area contributed by atoms with Crippen LogP contribution in [0.15, 0.2) is 88.2 Å². The van der Waals surface area contributed by atoms with E-state index in [1.165, 1.54) is 0 Å². The van der Waals surface area contributed by atoms with Crippen LogP contribution in [0.2, 0.25) is 0 Å². The Morgan fingerprint density at radius 1 is 0.875 bits per heavy atom. The molecular weight excluding hydrogens is 424 g/mol. The Morgan fingerprint density at radius 3 is 2.22 bits per heavy atom. The number of nitrogens with one attached hydrogen (secondary N) is 1. The van der Waals surface area contributed by atoms with Crippen LogP contribution in [0.3, 0.4) is 0 Å². The fraction of sp³-hybridized carbons (Fsp3) is 0.160. The van der Waals surface area contributed by atoms with Crippen molar-refractivity contribution in [3.8, 4) is 11.5 Å². The van der Waals surface area contributed by atoms with E-state index in [1.54, 1.807) is 24.3 Å². The standard InChI is InChI=1S/C25H24N2O4S/c1-18-8-14-23(15-9-18)32(28,29)30-17-16-24-19(2)31-25(27-24)20-10-12-22(13-11-20)26-21-6-4-3-5-7-21/h3-15,26H,16-17H2,1-2H3. The quantitative estimate of drug-likeness (QED) is 0.351. The second kappa shape index (κ2) is 9.38. The monoisotopic (exact) mass is 448 g/mol. The number of hydrogen-bond acceptors (Lipinski definition) is 6. The topological polar surface area (TPSA) is 81.4 Å². The molecule has 0 aliphatic heterocycles. The molecule has 4 rings (SSSR count). The van der Waals surface area contributed by atoms with Gasteiger partial charge in [0.1, 0.15) is 5.76 Å². The molecular formula is C25H24N2O4S. The van der Waals surface area contributed by atoms with Crippen molar-refractivity contribution in [3.63, 3.8) is 0 Å². The van der Waals surface area contributed by atoms with Gasteiger partial charge in [0, 0.05) is 23.4 Å². The van der Waals surface area contributed by atoms with Gasteiger partial charge in [-0.25, -0.2) is 4.98 Å². The van der Waals surface area contributed by atoms with E-state index in [1.807, 2.05) is 68.4 Å². The van der Waals surface area contributed by atoms with Crippen molar-refractivity contribution in [2.45, 2.75) is 25.2 Å². The van der Waals surface area contributed by atoms with Crippen LogP contribution in [-0.4, -0.2) is 20.0 Å². The van der Waals surface area contributed by atoms with Gasteiger partial charge in [0.15, 0.2) is 0 Å². The molecule has 3 aromatic carbocycles. The number of rotatable bonds is 8. The van der Waals surface area contributed by atoms with Crippen molar-refractivity contribution >= 4 is 21.5 Å². The lowest BCUT2D eigenvalue weighted by Gasteiger charge is -2.06. The molecule has 0 bridgehead atoms. The Morgan fingerprint density at radius 2 is 1.53 bits per heavy atom. The number of nitrogens with zero attached hydrogens (tertiary/aromatic N) is 1. The van der Waals surface area contributed by atoms with Crippen molar-refractivity contribution in [3.05, 3.63) is 95.9 Å². The molecule has 1 heterocycles. The van der Waals surface area contributed by atoms with Crippen LogP contribution >= 0.6 is 0 Å². The van der Waals surface area contributed by atoms with E-state index in [0.717, 1.165) is 22.5 Å². The van der Waals surface area contributed by atoms with Crippen LogP contribution < -0.4 is 5.32 Å². The Labute approximate surface area is 188 Å². The lowest BCUT2D eigenvalue weighted by molar-refractivity contribution is 0.320. The minimum atomic E-state index is -3.80. The van der Waals surface area contributed by atoms with Crippen molar-refractivity contribution in [1.82, 2.24) is 4.98 Å². The van der Waals surface area contributed by atoms with Crippen molar-refractivity contribution < 1.29 is 17.0 Å². The summed E-state index contributed by atoms with van der Waals surface area (Å²) in [4.78, 5) is 4.68. The van der Waals surface area contributed by atoms with E-state index < -0.39 is 10.1 Å². The van der Waals surface area contributed by atoms with E-state index >= 15 is 0 Å². The average molecular weight is 449 g/mol. The van der Waals surface area contributed by atoms with Crippen molar-refractivity contribution in [2.75, 3.05) is 11.9 Å². The van der Waals surface area contributed by atoms with Gasteiger partial charge >= 0.3 is 0 Å². The Kier molecular flexibility index (Phi) is 6.39. The maximum atomic E-state index is 12.3. The van der Waals surface area contributed by atoms with Gasteiger partial charge in [-0.1, -0.05) is 35.9 Å². The summed E-state index contributed by atoms with van der Waals surface area (Å²) in [7, 11) is -3.80. The number of anilines is 2. The maximum Gasteiger partial charge on any atom is 0.296 e. The van der Waals surface area contributed by atoms with Gasteiger partial charge in [0.2, 0.25) is 5.89 Å². The lowest BCUT2D eigenvalue weighted by atomic mass is 10.2. The number of aromatic nitrogens is 1. The highest BCUT2D eigenvalue weighted by Crippen LogP contribution is 2.25. The Hall–Kier alpha value is -3.42. The molecule has 6 nitrogen and oxygen atoms in total. The first-order chi connectivity index (χ1) is 15.4. The zero-order valence-corrected chi connectivity index (χ0v) is 18.7. The molecule has 0 fully saturated rings. The first-order valence-corrected chi connectivity index (χ1v) is 11.7. The van der Waals surface area contributed by atoms with Crippen molar-refractivity contribution in [1.29, 1.82) is 0 Å². The van der Waals surface area contributed by atoms with Gasteiger partial charge in [-0.05, 0) is 62.4 Å². The van der Waals surface area contributed by atoms with Crippen LogP contribution in [0.4, 0.5) is 11.4 Å². The first-order valence-electron chi connectivity index (χ1n) is 10.3. The van der Waals surface area contributed by atoms with Crippen LogP contribution in [-0.2, 0) is 20.7 Å². The van der Waals surface area contributed by atoms with Crippen LogP contribution in [0.5, 0.6) is 0 Å². The molecule has 0 unspecified atom stereocenters. The number of oxazole rings is 1. The summed E-state index contributed by atoms with van der Waals surface area (Å²) in [6.45, 7) is 3.70. The summed E-state index contributed by atoms with van der Waals surface area (Å²) in [5.74, 6) is 1.13. The smallest absolute Gasteiger partial charge is 0.296 e. The molecule has 4 aromatic rings. The second-order valence-corrected chi connectivity index (χ2v) is 9.04. The lowest BCUT2D eigenvalue weighted by Crippen LogP contribution is -2.09. The number of aryl methyl sites for hydroxylation is 2. The molecule has 0 radical (unpaired) electrons. The molecule has 0 aliphatic carbocycles. The minimum absolute atomic E-state index is 0.0110. The fourth-order valence-corrected chi connectivity index (χ4v) is 4.10. The summed E-state index contributed by atoms with van der Waals surface area (Å²) >= 11 is 0. The van der Waals surface area contributed by atoms with Crippen LogP contribution in [0, 0.1) is 13.8 Å². The summed E-state index contributed by atoms with van der Waals surface area (Å²) in [6.07, 6.45) is 0.327. The van der Waals surface area contributed by atoms with E-state index in [9.17, 15) is 8.42 Å². The van der Waals surface area contributed by atoms with E-state index in [2.05, 4.69) is 10.3 Å². The molecule has 0 saturated heterocycles.